The quantitative estimate of drug-likeness (QED) is 0.538. The maximum Gasteiger partial charge on any atom is 0.253 e. The van der Waals surface area contributed by atoms with E-state index in [1.165, 1.54) is 23.9 Å². The second kappa shape index (κ2) is 9.89. The molecule has 2 amide bonds. The molecule has 6 heteroatoms. The summed E-state index contributed by atoms with van der Waals surface area (Å²) >= 11 is 1.30. The molecule has 0 radical (unpaired) electrons. The summed E-state index contributed by atoms with van der Waals surface area (Å²) in [6.45, 7) is 1.91. The van der Waals surface area contributed by atoms with Gasteiger partial charge in [-0.3, -0.25) is 9.59 Å². The first kappa shape index (κ1) is 20.6. The monoisotopic (exact) mass is 408 g/mol. The minimum atomic E-state index is -0.316. The number of para-hydroxylation sites is 1. The van der Waals surface area contributed by atoms with Gasteiger partial charge in [0.1, 0.15) is 5.82 Å². The van der Waals surface area contributed by atoms with Crippen molar-refractivity contribution < 1.29 is 14.0 Å². The van der Waals surface area contributed by atoms with Crippen molar-refractivity contribution in [2.24, 2.45) is 0 Å². The summed E-state index contributed by atoms with van der Waals surface area (Å²) in [6, 6.07) is 22.4. The van der Waals surface area contributed by atoms with Gasteiger partial charge in [0.2, 0.25) is 5.91 Å². The van der Waals surface area contributed by atoms with E-state index in [0.29, 0.717) is 11.3 Å². The Kier molecular flexibility index (Phi) is 7.03. The number of rotatable bonds is 7. The lowest BCUT2D eigenvalue weighted by Gasteiger charge is -2.16. The highest BCUT2D eigenvalue weighted by Crippen LogP contribution is 2.21. The first-order valence-corrected chi connectivity index (χ1v) is 10.1. The van der Waals surface area contributed by atoms with Crippen LogP contribution in [-0.2, 0) is 4.79 Å². The molecule has 2 N–H and O–H groups in total. The Balaban J connectivity index is 1.62. The molecule has 148 valence electrons. The Bertz CT molecular complexity index is 978. The van der Waals surface area contributed by atoms with Gasteiger partial charge in [-0.15, -0.1) is 11.8 Å². The predicted molar refractivity (Wildman–Crippen MR) is 115 cm³/mol. The minimum Gasteiger partial charge on any atom is -0.345 e. The summed E-state index contributed by atoms with van der Waals surface area (Å²) in [6.07, 6.45) is 0. The van der Waals surface area contributed by atoms with Gasteiger partial charge in [-0.2, -0.15) is 0 Å². The van der Waals surface area contributed by atoms with Crippen LogP contribution in [0.2, 0.25) is 0 Å². The molecule has 0 bridgehead atoms. The molecule has 0 heterocycles. The first-order valence-electron chi connectivity index (χ1n) is 9.16. The summed E-state index contributed by atoms with van der Waals surface area (Å²) in [5, 5.41) is 5.75. The van der Waals surface area contributed by atoms with Crippen molar-refractivity contribution in [1.29, 1.82) is 0 Å². The largest absolute Gasteiger partial charge is 0.345 e. The van der Waals surface area contributed by atoms with Gasteiger partial charge in [0.15, 0.2) is 0 Å². The van der Waals surface area contributed by atoms with E-state index < -0.39 is 0 Å². The van der Waals surface area contributed by atoms with Crippen molar-refractivity contribution in [3.63, 3.8) is 0 Å². The number of carbonyl (C=O) groups excluding carboxylic acids is 2. The van der Waals surface area contributed by atoms with Crippen molar-refractivity contribution in [3.05, 3.63) is 95.8 Å². The predicted octanol–water partition coefficient (Wildman–Crippen LogP) is 5.05. The number of anilines is 1. The Morgan fingerprint density at radius 2 is 1.59 bits per heavy atom. The lowest BCUT2D eigenvalue weighted by atomic mass is 10.1. The summed E-state index contributed by atoms with van der Waals surface area (Å²) in [5.41, 5.74) is 1.85. The maximum absolute atomic E-state index is 13.0. The number of halogens is 1. The molecule has 0 aliphatic rings. The highest BCUT2D eigenvalue weighted by Gasteiger charge is 2.16. The number of thioether (sulfide) groups is 1. The number of benzene rings is 3. The van der Waals surface area contributed by atoms with E-state index in [0.717, 1.165) is 10.5 Å². The van der Waals surface area contributed by atoms with Crippen LogP contribution in [0.15, 0.2) is 83.8 Å². The SMILES string of the molecule is C[C@@H](NC(=O)c1ccccc1NC(=O)CSc1ccc(F)cc1)c1ccccc1. The number of hydrogen-bond donors (Lipinski definition) is 2. The zero-order valence-corrected chi connectivity index (χ0v) is 16.7. The van der Waals surface area contributed by atoms with E-state index in [4.69, 9.17) is 0 Å². The van der Waals surface area contributed by atoms with Gasteiger partial charge in [-0.05, 0) is 48.9 Å². The number of hydrogen-bond acceptors (Lipinski definition) is 3. The molecule has 0 spiro atoms. The molecule has 29 heavy (non-hydrogen) atoms. The van der Waals surface area contributed by atoms with Gasteiger partial charge in [-0.1, -0.05) is 42.5 Å². The standard InChI is InChI=1S/C23H21FN2O2S/c1-16(17-7-3-2-4-8-17)25-23(28)20-9-5-6-10-21(20)26-22(27)15-29-19-13-11-18(24)12-14-19/h2-14,16H,15H2,1H3,(H,25,28)(H,26,27)/t16-/m1/s1. The molecule has 3 rings (SSSR count). The molecule has 0 aliphatic heterocycles. The molecule has 0 aromatic heterocycles. The number of nitrogens with one attached hydrogen (secondary N) is 2. The van der Waals surface area contributed by atoms with Crippen LogP contribution in [0.4, 0.5) is 10.1 Å². The summed E-state index contributed by atoms with van der Waals surface area (Å²) in [7, 11) is 0. The Labute approximate surface area is 173 Å². The first-order chi connectivity index (χ1) is 14.0. The molecule has 0 aliphatic carbocycles. The van der Waals surface area contributed by atoms with Gasteiger partial charge in [0.25, 0.3) is 5.91 Å². The van der Waals surface area contributed by atoms with Gasteiger partial charge in [0.05, 0.1) is 23.0 Å². The molecule has 0 saturated carbocycles. The molecule has 0 unspecified atom stereocenters. The topological polar surface area (TPSA) is 58.2 Å². The molecular weight excluding hydrogens is 387 g/mol. The second-order valence-corrected chi connectivity index (χ2v) is 7.49. The molecule has 0 fully saturated rings. The maximum atomic E-state index is 13.0. The van der Waals surface area contributed by atoms with Crippen molar-refractivity contribution in [1.82, 2.24) is 5.32 Å². The van der Waals surface area contributed by atoms with E-state index >= 15 is 0 Å². The highest BCUT2D eigenvalue weighted by molar-refractivity contribution is 8.00. The lowest BCUT2D eigenvalue weighted by Crippen LogP contribution is -2.28. The van der Waals surface area contributed by atoms with Crippen molar-refractivity contribution in [2.75, 3.05) is 11.1 Å². The fraction of sp³-hybridized carbons (Fsp3) is 0.130. The van der Waals surface area contributed by atoms with Crippen LogP contribution in [-0.4, -0.2) is 17.6 Å². The normalized spacial score (nSPS) is 11.5. The Hall–Kier alpha value is -3.12. The van der Waals surface area contributed by atoms with Crippen LogP contribution in [0.1, 0.15) is 28.9 Å². The van der Waals surface area contributed by atoms with Crippen molar-refractivity contribution in [2.45, 2.75) is 17.9 Å². The average molecular weight is 408 g/mol. The van der Waals surface area contributed by atoms with Gasteiger partial charge in [0, 0.05) is 4.90 Å². The van der Waals surface area contributed by atoms with Gasteiger partial charge >= 0.3 is 0 Å². The molecule has 0 saturated heterocycles. The Morgan fingerprint density at radius 1 is 0.931 bits per heavy atom. The average Bonchev–Trinajstić information content (AvgIpc) is 2.74. The third-order valence-electron chi connectivity index (χ3n) is 4.28. The van der Waals surface area contributed by atoms with E-state index in [1.54, 1.807) is 36.4 Å². The van der Waals surface area contributed by atoms with Crippen LogP contribution < -0.4 is 10.6 Å². The van der Waals surface area contributed by atoms with Crippen LogP contribution >= 0.6 is 11.8 Å². The third kappa shape index (κ3) is 5.93. The lowest BCUT2D eigenvalue weighted by molar-refractivity contribution is -0.113. The molecule has 1 atom stereocenters. The Morgan fingerprint density at radius 3 is 2.31 bits per heavy atom. The van der Waals surface area contributed by atoms with E-state index in [1.807, 2.05) is 37.3 Å². The fourth-order valence-corrected chi connectivity index (χ4v) is 3.45. The minimum absolute atomic E-state index is 0.155. The number of amides is 2. The zero-order chi connectivity index (χ0) is 20.6. The third-order valence-corrected chi connectivity index (χ3v) is 5.29. The van der Waals surface area contributed by atoms with Gasteiger partial charge < -0.3 is 10.6 Å². The summed E-state index contributed by atoms with van der Waals surface area (Å²) in [5.74, 6) is -0.662. The van der Waals surface area contributed by atoms with Crippen LogP contribution in [0, 0.1) is 5.82 Å². The molecular formula is C23H21FN2O2S. The molecule has 3 aromatic rings. The van der Waals surface area contributed by atoms with Crippen LogP contribution in [0.5, 0.6) is 0 Å². The smallest absolute Gasteiger partial charge is 0.253 e. The van der Waals surface area contributed by atoms with Crippen LogP contribution in [0.25, 0.3) is 0 Å². The fourth-order valence-electron chi connectivity index (χ4n) is 2.76. The number of carbonyl (C=O) groups is 2. The van der Waals surface area contributed by atoms with Gasteiger partial charge in [-0.25, -0.2) is 4.39 Å². The molecule has 4 nitrogen and oxygen atoms in total. The second-order valence-electron chi connectivity index (χ2n) is 6.44. The van der Waals surface area contributed by atoms with Crippen molar-refractivity contribution in [3.8, 4) is 0 Å². The molecule has 3 aromatic carbocycles. The highest BCUT2D eigenvalue weighted by atomic mass is 32.2. The summed E-state index contributed by atoms with van der Waals surface area (Å²) in [4.78, 5) is 25.9. The van der Waals surface area contributed by atoms with Crippen molar-refractivity contribution >= 4 is 29.3 Å². The summed E-state index contributed by atoms with van der Waals surface area (Å²) < 4.78 is 13.0. The van der Waals surface area contributed by atoms with E-state index in [2.05, 4.69) is 10.6 Å². The zero-order valence-electron chi connectivity index (χ0n) is 15.9. The van der Waals surface area contributed by atoms with Crippen LogP contribution in [0.3, 0.4) is 0 Å². The van der Waals surface area contributed by atoms with E-state index in [9.17, 15) is 14.0 Å². The van der Waals surface area contributed by atoms with E-state index in [-0.39, 0.29) is 29.4 Å².